The fraction of sp³-hybridized carbons (Fsp3) is 0.889. The average Bonchev–Trinajstić information content (AvgIpc) is 3.19. The second-order valence-electron chi connectivity index (χ2n) is 6.90. The van der Waals surface area contributed by atoms with Gasteiger partial charge >= 0.3 is 0 Å². The molecule has 2 heteroatoms. The Bertz CT molecular complexity index is 334. The molecule has 2 saturated carbocycles. The van der Waals surface area contributed by atoms with E-state index in [-0.39, 0.29) is 17.5 Å². The first-order valence-electron chi connectivity index (χ1n) is 8.79. The fourth-order valence-electron chi connectivity index (χ4n) is 3.70. The van der Waals surface area contributed by atoms with Crippen molar-refractivity contribution in [3.05, 3.63) is 0 Å². The third-order valence-corrected chi connectivity index (χ3v) is 5.27. The first-order valence-corrected chi connectivity index (χ1v) is 8.79. The van der Waals surface area contributed by atoms with Gasteiger partial charge in [-0.15, -0.1) is 0 Å². The average molecular weight is 278 g/mol. The lowest BCUT2D eigenvalue weighted by atomic mass is 9.90. The first-order chi connectivity index (χ1) is 9.72. The van der Waals surface area contributed by atoms with Crippen LogP contribution in [0.1, 0.15) is 84.0 Å². The van der Waals surface area contributed by atoms with Gasteiger partial charge in [-0.25, -0.2) is 0 Å². The van der Waals surface area contributed by atoms with Gasteiger partial charge in [-0.3, -0.25) is 9.59 Å². The van der Waals surface area contributed by atoms with E-state index in [4.69, 9.17) is 0 Å². The Hall–Kier alpha value is -0.660. The lowest BCUT2D eigenvalue weighted by Crippen LogP contribution is -2.24. The van der Waals surface area contributed by atoms with E-state index in [9.17, 15) is 9.59 Å². The molecule has 20 heavy (non-hydrogen) atoms. The summed E-state index contributed by atoms with van der Waals surface area (Å²) in [7, 11) is 0. The van der Waals surface area contributed by atoms with Crippen LogP contribution >= 0.6 is 0 Å². The summed E-state index contributed by atoms with van der Waals surface area (Å²) in [5.41, 5.74) is 0. The summed E-state index contributed by atoms with van der Waals surface area (Å²) in [5.74, 6) is 1.46. The number of carbonyl (C=O) groups excluding carboxylic acids is 2. The number of hydrogen-bond acceptors (Lipinski definition) is 2. The Morgan fingerprint density at radius 2 is 1.50 bits per heavy atom. The highest BCUT2D eigenvalue weighted by atomic mass is 16.2. The van der Waals surface area contributed by atoms with E-state index in [2.05, 4.69) is 6.92 Å². The smallest absolute Gasteiger partial charge is 0.201 e. The molecule has 114 valence electrons. The van der Waals surface area contributed by atoms with Gasteiger partial charge in [-0.2, -0.15) is 0 Å². The second-order valence-corrected chi connectivity index (χ2v) is 6.90. The monoisotopic (exact) mass is 278 g/mol. The molecule has 2 nitrogen and oxygen atoms in total. The predicted octanol–water partition coefficient (Wildman–Crippen LogP) is 4.70. The summed E-state index contributed by atoms with van der Waals surface area (Å²) in [4.78, 5) is 24.2. The molecular weight excluding hydrogens is 248 g/mol. The Balaban J connectivity index is 1.89. The Kier molecular flexibility index (Phi) is 6.25. The van der Waals surface area contributed by atoms with Crippen LogP contribution in [0.2, 0.25) is 0 Å². The SMILES string of the molecule is CCC1CC2CC2CCCCCCCCCC(=O)C1=O. The third-order valence-electron chi connectivity index (χ3n) is 5.27. The van der Waals surface area contributed by atoms with Crippen molar-refractivity contribution in [3.8, 4) is 0 Å². The number of hydrogen-bond donors (Lipinski definition) is 0. The maximum Gasteiger partial charge on any atom is 0.201 e. The molecule has 0 aliphatic heterocycles. The van der Waals surface area contributed by atoms with Crippen LogP contribution in [-0.2, 0) is 9.59 Å². The molecule has 2 aliphatic rings. The summed E-state index contributed by atoms with van der Waals surface area (Å²) >= 11 is 0. The summed E-state index contributed by atoms with van der Waals surface area (Å²) in [6, 6.07) is 0. The normalized spacial score (nSPS) is 34.0. The number of ketones is 2. The lowest BCUT2D eigenvalue weighted by molar-refractivity contribution is -0.139. The minimum Gasteiger partial charge on any atom is -0.291 e. The van der Waals surface area contributed by atoms with Gasteiger partial charge in [-0.1, -0.05) is 51.9 Å². The van der Waals surface area contributed by atoms with Crippen molar-refractivity contribution in [3.63, 3.8) is 0 Å². The first kappa shape index (κ1) is 15.7. The minimum atomic E-state index is -0.0936. The van der Waals surface area contributed by atoms with Crippen LogP contribution in [0.25, 0.3) is 0 Å². The molecule has 0 amide bonds. The highest BCUT2D eigenvalue weighted by Crippen LogP contribution is 2.47. The molecule has 0 aromatic rings. The molecule has 3 atom stereocenters. The topological polar surface area (TPSA) is 34.1 Å². The molecule has 0 heterocycles. The van der Waals surface area contributed by atoms with Crippen LogP contribution in [0.3, 0.4) is 0 Å². The highest BCUT2D eigenvalue weighted by molar-refractivity contribution is 6.37. The van der Waals surface area contributed by atoms with Gasteiger partial charge in [0.05, 0.1) is 0 Å². The van der Waals surface area contributed by atoms with Gasteiger partial charge in [0.25, 0.3) is 0 Å². The Morgan fingerprint density at radius 1 is 0.850 bits per heavy atom. The standard InChI is InChI=1S/C18H30O2/c1-2-14-12-16-13-15(16)10-8-6-4-3-5-7-9-11-17(19)18(14)20/h14-16H,2-13H2,1H3. The number of rotatable bonds is 1. The van der Waals surface area contributed by atoms with Crippen LogP contribution in [0, 0.1) is 17.8 Å². The molecular formula is C18H30O2. The molecule has 0 aromatic heterocycles. The van der Waals surface area contributed by atoms with E-state index in [0.717, 1.165) is 37.5 Å². The van der Waals surface area contributed by atoms with Crippen molar-refractivity contribution in [2.75, 3.05) is 0 Å². The number of fused-ring (bicyclic) bond motifs is 1. The molecule has 2 rings (SSSR count). The summed E-state index contributed by atoms with van der Waals surface area (Å²) in [5, 5.41) is 0. The van der Waals surface area contributed by atoms with Crippen LogP contribution in [0.5, 0.6) is 0 Å². The van der Waals surface area contributed by atoms with Gasteiger partial charge in [0.15, 0.2) is 5.78 Å². The Morgan fingerprint density at radius 3 is 2.20 bits per heavy atom. The number of carbonyl (C=O) groups is 2. The van der Waals surface area contributed by atoms with Gasteiger partial charge in [0, 0.05) is 12.3 Å². The molecule has 0 N–H and O–H groups in total. The van der Waals surface area contributed by atoms with Crippen LogP contribution in [-0.4, -0.2) is 11.6 Å². The van der Waals surface area contributed by atoms with Gasteiger partial charge in [0.2, 0.25) is 5.78 Å². The van der Waals surface area contributed by atoms with Gasteiger partial charge < -0.3 is 0 Å². The molecule has 0 bridgehead atoms. The molecule has 0 radical (unpaired) electrons. The van der Waals surface area contributed by atoms with Crippen molar-refractivity contribution in [1.82, 2.24) is 0 Å². The predicted molar refractivity (Wildman–Crippen MR) is 81.6 cm³/mol. The van der Waals surface area contributed by atoms with Crippen LogP contribution in [0.4, 0.5) is 0 Å². The highest BCUT2D eigenvalue weighted by Gasteiger charge is 2.39. The maximum absolute atomic E-state index is 12.2. The third kappa shape index (κ3) is 4.71. The van der Waals surface area contributed by atoms with E-state index in [0.29, 0.717) is 6.42 Å². The van der Waals surface area contributed by atoms with E-state index in [1.807, 2.05) is 0 Å². The zero-order valence-corrected chi connectivity index (χ0v) is 13.0. The van der Waals surface area contributed by atoms with Crippen molar-refractivity contribution in [2.24, 2.45) is 17.8 Å². The van der Waals surface area contributed by atoms with Gasteiger partial charge in [0.1, 0.15) is 0 Å². The van der Waals surface area contributed by atoms with E-state index >= 15 is 0 Å². The fourth-order valence-corrected chi connectivity index (χ4v) is 3.70. The molecule has 0 spiro atoms. The molecule has 2 fully saturated rings. The zero-order chi connectivity index (χ0) is 14.4. The summed E-state index contributed by atoms with van der Waals surface area (Å²) in [6.45, 7) is 2.06. The quantitative estimate of drug-likeness (QED) is 0.651. The van der Waals surface area contributed by atoms with E-state index < -0.39 is 0 Å². The minimum absolute atomic E-state index is 0.0163. The van der Waals surface area contributed by atoms with Crippen LogP contribution < -0.4 is 0 Å². The molecule has 2 aliphatic carbocycles. The van der Waals surface area contributed by atoms with Crippen molar-refractivity contribution >= 4 is 11.6 Å². The van der Waals surface area contributed by atoms with Crippen molar-refractivity contribution in [2.45, 2.75) is 84.0 Å². The number of Topliss-reactive ketones (excluding diaryl/α,β-unsaturated/α-hetero) is 2. The molecule has 0 saturated heterocycles. The van der Waals surface area contributed by atoms with Crippen molar-refractivity contribution in [1.29, 1.82) is 0 Å². The molecule has 3 unspecified atom stereocenters. The van der Waals surface area contributed by atoms with E-state index in [1.54, 1.807) is 0 Å². The molecule has 0 aromatic carbocycles. The summed E-state index contributed by atoms with van der Waals surface area (Å²) < 4.78 is 0. The van der Waals surface area contributed by atoms with Crippen LogP contribution in [0.15, 0.2) is 0 Å². The van der Waals surface area contributed by atoms with Gasteiger partial charge in [-0.05, 0) is 37.5 Å². The second kappa shape index (κ2) is 7.95. The largest absolute Gasteiger partial charge is 0.291 e. The maximum atomic E-state index is 12.2. The van der Waals surface area contributed by atoms with Crippen molar-refractivity contribution < 1.29 is 9.59 Å². The summed E-state index contributed by atoms with van der Waals surface area (Å²) in [6.07, 6.45) is 13.6. The van der Waals surface area contributed by atoms with E-state index in [1.165, 1.54) is 44.9 Å². The zero-order valence-electron chi connectivity index (χ0n) is 13.0. The lowest BCUT2D eigenvalue weighted by Gasteiger charge is -2.12. The Labute approximate surface area is 123 Å².